The molecule has 2 bridgehead atoms. The van der Waals surface area contributed by atoms with E-state index in [9.17, 15) is 0 Å². The summed E-state index contributed by atoms with van der Waals surface area (Å²) in [6, 6.07) is 1.51. The number of nitrogens with zero attached hydrogens (tertiary/aromatic N) is 1. The van der Waals surface area contributed by atoms with Crippen LogP contribution in [-0.2, 0) is 4.74 Å². The summed E-state index contributed by atoms with van der Waals surface area (Å²) in [4.78, 5) is 2.52. The van der Waals surface area contributed by atoms with Crippen molar-refractivity contribution in [3.63, 3.8) is 0 Å². The maximum absolute atomic E-state index is 8.67. The number of hydrogen-bond acceptors (Lipinski definition) is 3. The van der Waals surface area contributed by atoms with E-state index < -0.39 is 0 Å². The Hall–Kier alpha value is -0.120. The number of hydrogen-bond donors (Lipinski definition) is 1. The van der Waals surface area contributed by atoms with Crippen molar-refractivity contribution in [1.82, 2.24) is 4.90 Å². The number of aliphatic hydroxyl groups excluding tert-OH is 1. The van der Waals surface area contributed by atoms with Crippen LogP contribution in [0.4, 0.5) is 0 Å². The van der Waals surface area contributed by atoms with Crippen LogP contribution >= 0.6 is 0 Å². The second-order valence-corrected chi connectivity index (χ2v) is 4.59. The van der Waals surface area contributed by atoms with E-state index in [2.05, 4.69) is 11.9 Å². The van der Waals surface area contributed by atoms with Gasteiger partial charge in [-0.15, -0.1) is 0 Å². The molecule has 0 saturated carbocycles. The highest BCUT2D eigenvalue weighted by Gasteiger charge is 2.38. The lowest BCUT2D eigenvalue weighted by molar-refractivity contribution is -0.0163. The molecular formula is C11H21NO2. The van der Waals surface area contributed by atoms with Gasteiger partial charge in [0, 0.05) is 25.3 Å². The zero-order valence-electron chi connectivity index (χ0n) is 8.98. The Bertz CT molecular complexity index is 172. The SMILES string of the molecule is CN1C2CCC1CC(OCCCO)C2. The largest absolute Gasteiger partial charge is 0.396 e. The summed E-state index contributed by atoms with van der Waals surface area (Å²) in [6.07, 6.45) is 6.32. The Balaban J connectivity index is 1.76. The Kier molecular flexibility index (Phi) is 3.42. The molecule has 2 aliphatic rings. The van der Waals surface area contributed by atoms with Crippen molar-refractivity contribution in [1.29, 1.82) is 0 Å². The molecule has 0 radical (unpaired) electrons. The highest BCUT2D eigenvalue weighted by molar-refractivity contribution is 4.93. The van der Waals surface area contributed by atoms with Crippen LogP contribution in [0.1, 0.15) is 32.1 Å². The van der Waals surface area contributed by atoms with E-state index in [1.165, 1.54) is 25.7 Å². The first-order valence-electron chi connectivity index (χ1n) is 5.75. The minimum absolute atomic E-state index is 0.249. The Morgan fingerprint density at radius 3 is 2.50 bits per heavy atom. The molecule has 0 aromatic rings. The van der Waals surface area contributed by atoms with Crippen LogP contribution in [0.2, 0.25) is 0 Å². The average molecular weight is 199 g/mol. The van der Waals surface area contributed by atoms with Crippen molar-refractivity contribution < 1.29 is 9.84 Å². The molecule has 3 nitrogen and oxygen atoms in total. The van der Waals surface area contributed by atoms with Gasteiger partial charge in [0.15, 0.2) is 0 Å². The Morgan fingerprint density at radius 1 is 1.29 bits per heavy atom. The first kappa shape index (κ1) is 10.4. The number of piperidine rings is 1. The van der Waals surface area contributed by atoms with Crippen LogP contribution in [0.3, 0.4) is 0 Å². The number of ether oxygens (including phenoxy) is 1. The van der Waals surface area contributed by atoms with E-state index in [0.717, 1.165) is 25.1 Å². The molecule has 82 valence electrons. The Morgan fingerprint density at radius 2 is 1.93 bits per heavy atom. The molecule has 1 N–H and O–H groups in total. The van der Waals surface area contributed by atoms with Gasteiger partial charge in [-0.2, -0.15) is 0 Å². The van der Waals surface area contributed by atoms with Gasteiger partial charge in [0.2, 0.25) is 0 Å². The lowest BCUT2D eigenvalue weighted by Gasteiger charge is -2.36. The van der Waals surface area contributed by atoms with Crippen molar-refractivity contribution in [3.8, 4) is 0 Å². The fraction of sp³-hybridized carbons (Fsp3) is 1.00. The standard InChI is InChI=1S/C11H21NO2/c1-12-9-3-4-10(12)8-11(7-9)14-6-2-5-13/h9-11,13H,2-8H2,1H3. The van der Waals surface area contributed by atoms with E-state index in [1.54, 1.807) is 0 Å². The smallest absolute Gasteiger partial charge is 0.0605 e. The van der Waals surface area contributed by atoms with Gasteiger partial charge in [-0.05, 0) is 39.2 Å². The zero-order chi connectivity index (χ0) is 9.97. The second kappa shape index (κ2) is 4.60. The lowest BCUT2D eigenvalue weighted by atomic mass is 10.0. The first-order chi connectivity index (χ1) is 6.81. The molecule has 2 atom stereocenters. The molecule has 14 heavy (non-hydrogen) atoms. The third-order valence-electron chi connectivity index (χ3n) is 3.71. The van der Waals surface area contributed by atoms with E-state index in [0.29, 0.717) is 6.10 Å². The maximum atomic E-state index is 8.67. The van der Waals surface area contributed by atoms with E-state index >= 15 is 0 Å². The second-order valence-electron chi connectivity index (χ2n) is 4.59. The molecule has 2 saturated heterocycles. The molecule has 2 rings (SSSR count). The molecule has 0 aromatic carbocycles. The van der Waals surface area contributed by atoms with E-state index in [1.807, 2.05) is 0 Å². The van der Waals surface area contributed by atoms with E-state index in [4.69, 9.17) is 9.84 Å². The average Bonchev–Trinajstić information content (AvgIpc) is 2.41. The summed E-state index contributed by atoms with van der Waals surface area (Å²) in [5.74, 6) is 0. The molecule has 0 aliphatic carbocycles. The predicted molar refractivity (Wildman–Crippen MR) is 55.2 cm³/mol. The highest BCUT2D eigenvalue weighted by atomic mass is 16.5. The van der Waals surface area contributed by atoms with Crippen molar-refractivity contribution in [2.45, 2.75) is 50.3 Å². The predicted octanol–water partition coefficient (Wildman–Crippen LogP) is 1.01. The van der Waals surface area contributed by atoms with Crippen molar-refractivity contribution in [2.75, 3.05) is 20.3 Å². The summed E-state index contributed by atoms with van der Waals surface area (Å²) in [6.45, 7) is 0.976. The van der Waals surface area contributed by atoms with Crippen LogP contribution in [0.5, 0.6) is 0 Å². The minimum Gasteiger partial charge on any atom is -0.396 e. The van der Waals surface area contributed by atoms with Gasteiger partial charge in [-0.3, -0.25) is 0 Å². The maximum Gasteiger partial charge on any atom is 0.0605 e. The molecule has 2 aliphatic heterocycles. The zero-order valence-corrected chi connectivity index (χ0v) is 8.98. The molecule has 0 aromatic heterocycles. The van der Waals surface area contributed by atoms with Gasteiger partial charge in [-0.25, -0.2) is 0 Å². The molecule has 0 amide bonds. The molecular weight excluding hydrogens is 178 g/mol. The first-order valence-corrected chi connectivity index (χ1v) is 5.75. The monoisotopic (exact) mass is 199 g/mol. The van der Waals surface area contributed by atoms with Crippen LogP contribution in [0.25, 0.3) is 0 Å². The van der Waals surface area contributed by atoms with Crippen LogP contribution in [-0.4, -0.2) is 48.5 Å². The topological polar surface area (TPSA) is 32.7 Å². The van der Waals surface area contributed by atoms with Gasteiger partial charge in [0.1, 0.15) is 0 Å². The molecule has 2 heterocycles. The van der Waals surface area contributed by atoms with E-state index in [-0.39, 0.29) is 6.61 Å². The third kappa shape index (κ3) is 2.10. The Labute approximate surface area is 86.0 Å². The summed E-state index contributed by atoms with van der Waals surface area (Å²) < 4.78 is 5.77. The molecule has 3 heteroatoms. The van der Waals surface area contributed by atoms with Gasteiger partial charge < -0.3 is 14.7 Å². The number of aliphatic hydroxyl groups is 1. The fourth-order valence-electron chi connectivity index (χ4n) is 2.81. The van der Waals surface area contributed by atoms with Crippen LogP contribution in [0.15, 0.2) is 0 Å². The van der Waals surface area contributed by atoms with Crippen LogP contribution in [0, 0.1) is 0 Å². The quantitative estimate of drug-likeness (QED) is 0.686. The summed E-state index contributed by atoms with van der Waals surface area (Å²) in [7, 11) is 2.24. The number of fused-ring (bicyclic) bond motifs is 2. The molecule has 2 fully saturated rings. The van der Waals surface area contributed by atoms with Gasteiger partial charge in [0.05, 0.1) is 6.10 Å². The van der Waals surface area contributed by atoms with Crippen molar-refractivity contribution in [2.24, 2.45) is 0 Å². The van der Waals surface area contributed by atoms with Gasteiger partial charge in [-0.1, -0.05) is 0 Å². The molecule has 2 unspecified atom stereocenters. The van der Waals surface area contributed by atoms with Gasteiger partial charge in [0.25, 0.3) is 0 Å². The lowest BCUT2D eigenvalue weighted by Crippen LogP contribution is -2.42. The van der Waals surface area contributed by atoms with Gasteiger partial charge >= 0.3 is 0 Å². The van der Waals surface area contributed by atoms with Crippen molar-refractivity contribution in [3.05, 3.63) is 0 Å². The minimum atomic E-state index is 0.249. The summed E-state index contributed by atoms with van der Waals surface area (Å²) in [5.41, 5.74) is 0. The fourth-order valence-corrected chi connectivity index (χ4v) is 2.81. The van der Waals surface area contributed by atoms with Crippen molar-refractivity contribution >= 4 is 0 Å². The third-order valence-corrected chi connectivity index (χ3v) is 3.71. The summed E-state index contributed by atoms with van der Waals surface area (Å²) >= 11 is 0. The normalized spacial score (nSPS) is 37.7. The summed E-state index contributed by atoms with van der Waals surface area (Å²) in [5, 5.41) is 8.67. The molecule has 0 spiro atoms. The highest BCUT2D eigenvalue weighted by Crippen LogP contribution is 2.35. The number of rotatable bonds is 4. The van der Waals surface area contributed by atoms with Crippen LogP contribution < -0.4 is 0 Å².